The van der Waals surface area contributed by atoms with Crippen LogP contribution in [0.25, 0.3) is 22.8 Å². The fourth-order valence-electron chi connectivity index (χ4n) is 4.20. The van der Waals surface area contributed by atoms with E-state index >= 15 is 0 Å². The first-order chi connectivity index (χ1) is 17.7. The number of hydrogen-bond acceptors (Lipinski definition) is 5. The van der Waals surface area contributed by atoms with Gasteiger partial charge in [-0.1, -0.05) is 99.9 Å². The smallest absolute Gasteiger partial charge is 0.321 e. The van der Waals surface area contributed by atoms with Crippen LogP contribution in [0.5, 0.6) is 0 Å². The fourth-order valence-corrected chi connectivity index (χ4v) is 4.20. The molecular weight excluding hydrogens is 462 g/mol. The van der Waals surface area contributed by atoms with E-state index < -0.39 is 12.0 Å². The van der Waals surface area contributed by atoms with E-state index in [1.54, 1.807) is 0 Å². The molecule has 1 aromatic heterocycles. The first kappa shape index (κ1) is 26.3. The lowest BCUT2D eigenvalue weighted by Gasteiger charge is -2.19. The number of benzene rings is 3. The van der Waals surface area contributed by atoms with Gasteiger partial charge in [-0.15, -0.1) is 0 Å². The standard InChI is InChI=1S/C31H35N3O3/c1-5-6-21-7-15-25(16-8-21)29-33-28(34-37-29)24-13-9-22(10-14-24)19-27(30(35)36)32-20-23-11-17-26(18-12-23)31(2,3)4/h7-18,27,32H,5-6,19-20H2,1-4H3,(H,35,36)/t27-/m0/s1. The van der Waals surface area contributed by atoms with Crippen LogP contribution in [0.1, 0.15) is 56.4 Å². The summed E-state index contributed by atoms with van der Waals surface area (Å²) < 4.78 is 5.48. The minimum atomic E-state index is -0.872. The summed E-state index contributed by atoms with van der Waals surface area (Å²) in [6.45, 7) is 9.18. The average molecular weight is 498 g/mol. The van der Waals surface area contributed by atoms with Crippen LogP contribution < -0.4 is 5.32 Å². The minimum Gasteiger partial charge on any atom is -0.480 e. The third kappa shape index (κ3) is 6.92. The number of nitrogens with zero attached hydrogens (tertiary/aromatic N) is 2. The molecule has 0 aliphatic carbocycles. The Labute approximate surface area is 218 Å². The Balaban J connectivity index is 1.38. The summed E-state index contributed by atoms with van der Waals surface area (Å²) in [6.07, 6.45) is 2.52. The third-order valence-corrected chi connectivity index (χ3v) is 6.49. The normalized spacial score (nSPS) is 12.4. The van der Waals surface area contributed by atoms with Crippen LogP contribution in [0.2, 0.25) is 0 Å². The van der Waals surface area contributed by atoms with Gasteiger partial charge in [0, 0.05) is 17.7 Å². The Kier molecular flexibility index (Phi) is 8.19. The highest BCUT2D eigenvalue weighted by Crippen LogP contribution is 2.24. The van der Waals surface area contributed by atoms with E-state index in [-0.39, 0.29) is 5.41 Å². The predicted octanol–water partition coefficient (Wildman–Crippen LogP) is 6.44. The minimum absolute atomic E-state index is 0.0879. The van der Waals surface area contributed by atoms with Gasteiger partial charge in [-0.05, 0) is 52.6 Å². The molecule has 0 radical (unpaired) electrons. The van der Waals surface area contributed by atoms with Crippen LogP contribution in [-0.4, -0.2) is 27.3 Å². The largest absolute Gasteiger partial charge is 0.480 e. The number of carboxylic acid groups (broad SMARTS) is 1. The van der Waals surface area contributed by atoms with Crippen molar-refractivity contribution < 1.29 is 14.4 Å². The zero-order chi connectivity index (χ0) is 26.4. The van der Waals surface area contributed by atoms with E-state index in [1.807, 2.05) is 36.4 Å². The molecule has 4 aromatic rings. The molecule has 0 aliphatic rings. The molecule has 1 heterocycles. The zero-order valence-corrected chi connectivity index (χ0v) is 22.0. The molecule has 4 rings (SSSR count). The predicted molar refractivity (Wildman–Crippen MR) is 146 cm³/mol. The van der Waals surface area contributed by atoms with Gasteiger partial charge < -0.3 is 14.9 Å². The Bertz CT molecular complexity index is 1300. The molecule has 3 aromatic carbocycles. The second kappa shape index (κ2) is 11.5. The quantitative estimate of drug-likeness (QED) is 0.262. The van der Waals surface area contributed by atoms with Gasteiger partial charge in [-0.25, -0.2) is 0 Å². The molecule has 0 amide bonds. The first-order valence-electron chi connectivity index (χ1n) is 12.8. The Hall–Kier alpha value is -3.77. The van der Waals surface area contributed by atoms with Gasteiger partial charge in [0.25, 0.3) is 5.89 Å². The number of nitrogens with one attached hydrogen (secondary N) is 1. The van der Waals surface area contributed by atoms with Gasteiger partial charge in [-0.2, -0.15) is 4.98 Å². The maximum Gasteiger partial charge on any atom is 0.321 e. The van der Waals surface area contributed by atoms with E-state index in [0.29, 0.717) is 24.7 Å². The van der Waals surface area contributed by atoms with Crippen molar-refractivity contribution in [2.45, 2.75) is 65.0 Å². The highest BCUT2D eigenvalue weighted by Gasteiger charge is 2.19. The van der Waals surface area contributed by atoms with Crippen molar-refractivity contribution in [1.29, 1.82) is 0 Å². The molecule has 0 aliphatic heterocycles. The monoisotopic (exact) mass is 497 g/mol. The number of hydrogen-bond donors (Lipinski definition) is 2. The van der Waals surface area contributed by atoms with Crippen LogP contribution >= 0.6 is 0 Å². The Morgan fingerprint density at radius 2 is 1.49 bits per heavy atom. The van der Waals surface area contributed by atoms with E-state index in [4.69, 9.17) is 4.52 Å². The lowest BCUT2D eigenvalue weighted by Crippen LogP contribution is -2.38. The van der Waals surface area contributed by atoms with Crippen molar-refractivity contribution in [1.82, 2.24) is 15.5 Å². The van der Waals surface area contributed by atoms with Gasteiger partial charge in [0.1, 0.15) is 6.04 Å². The summed E-state index contributed by atoms with van der Waals surface area (Å²) in [6, 6.07) is 23.5. The number of rotatable bonds is 10. The van der Waals surface area contributed by atoms with Crippen LogP contribution in [0.3, 0.4) is 0 Å². The highest BCUT2D eigenvalue weighted by atomic mass is 16.5. The third-order valence-electron chi connectivity index (χ3n) is 6.49. The molecular formula is C31H35N3O3. The fraction of sp³-hybridized carbons (Fsp3) is 0.323. The van der Waals surface area contributed by atoms with Crippen LogP contribution in [-0.2, 0) is 29.6 Å². The summed E-state index contributed by atoms with van der Waals surface area (Å²) in [5.41, 5.74) is 6.31. The molecule has 192 valence electrons. The van der Waals surface area contributed by atoms with Gasteiger partial charge >= 0.3 is 5.97 Å². The van der Waals surface area contributed by atoms with E-state index in [9.17, 15) is 9.90 Å². The number of carbonyl (C=O) groups is 1. The number of carboxylic acids is 1. The summed E-state index contributed by atoms with van der Waals surface area (Å²) in [4.78, 5) is 16.4. The highest BCUT2D eigenvalue weighted by molar-refractivity contribution is 5.74. The molecule has 0 unspecified atom stereocenters. The van der Waals surface area contributed by atoms with Gasteiger partial charge in [0.2, 0.25) is 5.82 Å². The molecule has 2 N–H and O–H groups in total. The lowest BCUT2D eigenvalue weighted by molar-refractivity contribution is -0.139. The summed E-state index contributed by atoms with van der Waals surface area (Å²) in [5.74, 6) is 0.113. The van der Waals surface area contributed by atoms with Gasteiger partial charge in [-0.3, -0.25) is 4.79 Å². The van der Waals surface area contributed by atoms with Crippen molar-refractivity contribution in [2.24, 2.45) is 0 Å². The van der Waals surface area contributed by atoms with Crippen LogP contribution in [0, 0.1) is 0 Å². The summed E-state index contributed by atoms with van der Waals surface area (Å²) in [7, 11) is 0. The topological polar surface area (TPSA) is 88.2 Å². The van der Waals surface area contributed by atoms with Gasteiger partial charge in [0.05, 0.1) is 0 Å². The maximum atomic E-state index is 11.9. The molecule has 0 bridgehead atoms. The van der Waals surface area contributed by atoms with E-state index in [1.165, 1.54) is 11.1 Å². The zero-order valence-electron chi connectivity index (χ0n) is 22.0. The Morgan fingerprint density at radius 3 is 2.08 bits per heavy atom. The molecule has 0 spiro atoms. The lowest BCUT2D eigenvalue weighted by atomic mass is 9.87. The summed E-state index contributed by atoms with van der Waals surface area (Å²) in [5, 5.41) is 17.1. The molecule has 0 fully saturated rings. The molecule has 6 heteroatoms. The maximum absolute atomic E-state index is 11.9. The second-order valence-electron chi connectivity index (χ2n) is 10.5. The SMILES string of the molecule is CCCc1ccc(-c2nc(-c3ccc(C[C@H](NCc4ccc(C(C)(C)C)cc4)C(=O)O)cc3)no2)cc1. The molecule has 37 heavy (non-hydrogen) atoms. The molecule has 1 atom stereocenters. The van der Waals surface area contributed by atoms with Crippen LogP contribution in [0.4, 0.5) is 0 Å². The van der Waals surface area contributed by atoms with Crippen molar-refractivity contribution in [2.75, 3.05) is 0 Å². The van der Waals surface area contributed by atoms with E-state index in [2.05, 4.69) is 79.6 Å². The van der Waals surface area contributed by atoms with Crippen molar-refractivity contribution in [3.63, 3.8) is 0 Å². The Morgan fingerprint density at radius 1 is 0.892 bits per heavy atom. The average Bonchev–Trinajstić information content (AvgIpc) is 3.37. The molecule has 0 saturated heterocycles. The van der Waals surface area contributed by atoms with Crippen molar-refractivity contribution in [3.8, 4) is 22.8 Å². The van der Waals surface area contributed by atoms with Crippen molar-refractivity contribution >= 4 is 5.97 Å². The number of aryl methyl sites for hydroxylation is 1. The van der Waals surface area contributed by atoms with E-state index in [0.717, 1.165) is 35.1 Å². The summed E-state index contributed by atoms with van der Waals surface area (Å²) >= 11 is 0. The molecule has 0 saturated carbocycles. The number of aliphatic carboxylic acids is 1. The molecule has 6 nitrogen and oxygen atoms in total. The second-order valence-corrected chi connectivity index (χ2v) is 10.5. The van der Waals surface area contributed by atoms with Crippen molar-refractivity contribution in [3.05, 3.63) is 95.1 Å². The van der Waals surface area contributed by atoms with Crippen LogP contribution in [0.15, 0.2) is 77.3 Å². The first-order valence-corrected chi connectivity index (χ1v) is 12.8. The number of aromatic nitrogens is 2. The van der Waals surface area contributed by atoms with Gasteiger partial charge in [0.15, 0.2) is 0 Å².